The van der Waals surface area contributed by atoms with Crippen LogP contribution in [0.2, 0.25) is 0 Å². The van der Waals surface area contributed by atoms with Gasteiger partial charge in [-0.05, 0) is 27.8 Å². The Labute approximate surface area is 120 Å². The van der Waals surface area contributed by atoms with E-state index < -0.39 is 0 Å². The van der Waals surface area contributed by atoms with Gasteiger partial charge in [-0.3, -0.25) is 9.69 Å². The summed E-state index contributed by atoms with van der Waals surface area (Å²) in [6, 6.07) is 0. The molecule has 0 aliphatic heterocycles. The molecule has 6 nitrogen and oxygen atoms in total. The van der Waals surface area contributed by atoms with Gasteiger partial charge in [0.25, 0.3) is 0 Å². The summed E-state index contributed by atoms with van der Waals surface area (Å²) in [5, 5.41) is 11.0. The van der Waals surface area contributed by atoms with E-state index in [1.807, 2.05) is 53.5 Å². The zero-order valence-electron chi connectivity index (χ0n) is 13.6. The van der Waals surface area contributed by atoms with Crippen LogP contribution >= 0.6 is 0 Å². The van der Waals surface area contributed by atoms with E-state index in [9.17, 15) is 4.79 Å². The topological polar surface area (TPSA) is 71.3 Å². The minimum absolute atomic E-state index is 0.0180. The fourth-order valence-corrected chi connectivity index (χ4v) is 1.61. The van der Waals surface area contributed by atoms with Crippen molar-refractivity contribution in [3.05, 3.63) is 11.8 Å². The minimum atomic E-state index is -0.220. The highest BCUT2D eigenvalue weighted by molar-refractivity contribution is 5.78. The van der Waals surface area contributed by atoms with E-state index in [4.69, 9.17) is 4.42 Å². The van der Waals surface area contributed by atoms with E-state index in [0.29, 0.717) is 24.9 Å². The molecule has 0 aliphatic rings. The van der Waals surface area contributed by atoms with Gasteiger partial charge in [-0.2, -0.15) is 0 Å². The minimum Gasteiger partial charge on any atom is -0.423 e. The molecule has 114 valence electrons. The molecule has 0 aliphatic carbocycles. The Morgan fingerprint density at radius 3 is 2.25 bits per heavy atom. The predicted molar refractivity (Wildman–Crippen MR) is 77.2 cm³/mol. The van der Waals surface area contributed by atoms with Crippen molar-refractivity contribution >= 4 is 5.91 Å². The summed E-state index contributed by atoms with van der Waals surface area (Å²) in [4.78, 5) is 13.7. The monoisotopic (exact) mass is 282 g/mol. The predicted octanol–water partition coefficient (Wildman–Crippen LogP) is 1.71. The van der Waals surface area contributed by atoms with Gasteiger partial charge in [-0.1, -0.05) is 20.8 Å². The zero-order chi connectivity index (χ0) is 15.6. The number of aromatic nitrogens is 2. The maximum Gasteiger partial charge on any atom is 0.234 e. The average molecular weight is 282 g/mol. The van der Waals surface area contributed by atoms with Gasteiger partial charge in [-0.25, -0.2) is 0 Å². The molecule has 6 heteroatoms. The van der Waals surface area contributed by atoms with Gasteiger partial charge in [0.1, 0.15) is 0 Å². The molecule has 0 saturated carbocycles. The molecule has 1 N–H and O–H groups in total. The number of hydrogen-bond donors (Lipinski definition) is 1. The molecule has 0 atom stereocenters. The second-order valence-corrected chi connectivity index (χ2v) is 7.22. The number of rotatable bonds is 4. The smallest absolute Gasteiger partial charge is 0.234 e. The van der Waals surface area contributed by atoms with Crippen LogP contribution in [0.4, 0.5) is 0 Å². The molecule has 20 heavy (non-hydrogen) atoms. The van der Waals surface area contributed by atoms with E-state index in [1.165, 1.54) is 0 Å². The van der Waals surface area contributed by atoms with Crippen LogP contribution in [0.25, 0.3) is 0 Å². The molecule has 0 radical (unpaired) electrons. The van der Waals surface area contributed by atoms with Crippen LogP contribution in [0.3, 0.4) is 0 Å². The molecule has 0 bridgehead atoms. The normalized spacial score (nSPS) is 12.8. The van der Waals surface area contributed by atoms with E-state index in [-0.39, 0.29) is 16.9 Å². The molecule has 1 aromatic heterocycles. The summed E-state index contributed by atoms with van der Waals surface area (Å²) in [5.41, 5.74) is -0.380. The van der Waals surface area contributed by atoms with Crippen LogP contribution in [0.15, 0.2) is 4.42 Å². The number of amides is 1. The van der Waals surface area contributed by atoms with Crippen LogP contribution in [0.1, 0.15) is 53.3 Å². The number of nitrogens with one attached hydrogen (secondary N) is 1. The van der Waals surface area contributed by atoms with Crippen LogP contribution < -0.4 is 5.32 Å². The standard InChI is InChI=1S/C14H26N4O2/c1-13(2,3)12-17-16-11(20-12)9-18(7)8-10(19)15-14(4,5)6/h8-9H2,1-7H3,(H,15,19). The van der Waals surface area contributed by atoms with Gasteiger partial charge < -0.3 is 9.73 Å². The lowest BCUT2D eigenvalue weighted by molar-refractivity contribution is -0.123. The Balaban J connectivity index is 2.52. The fourth-order valence-electron chi connectivity index (χ4n) is 1.61. The number of hydrogen-bond acceptors (Lipinski definition) is 5. The third-order valence-corrected chi connectivity index (χ3v) is 2.44. The van der Waals surface area contributed by atoms with E-state index >= 15 is 0 Å². The first-order valence-electron chi connectivity index (χ1n) is 6.80. The summed E-state index contributed by atoms with van der Waals surface area (Å²) in [6.07, 6.45) is 0. The first-order chi connectivity index (χ1) is 8.97. The van der Waals surface area contributed by atoms with Gasteiger partial charge in [0.05, 0.1) is 13.1 Å². The van der Waals surface area contributed by atoms with Crippen LogP contribution in [-0.4, -0.2) is 40.1 Å². The molecule has 1 aromatic rings. The molecule has 0 aromatic carbocycles. The summed E-state index contributed by atoms with van der Waals surface area (Å²) < 4.78 is 5.61. The number of carbonyl (C=O) groups excluding carboxylic acids is 1. The van der Waals surface area contributed by atoms with Gasteiger partial charge in [0, 0.05) is 11.0 Å². The van der Waals surface area contributed by atoms with Crippen molar-refractivity contribution < 1.29 is 9.21 Å². The zero-order valence-corrected chi connectivity index (χ0v) is 13.6. The second kappa shape index (κ2) is 5.91. The average Bonchev–Trinajstić information content (AvgIpc) is 2.61. The van der Waals surface area contributed by atoms with E-state index in [1.54, 1.807) is 0 Å². The van der Waals surface area contributed by atoms with Crippen molar-refractivity contribution in [2.45, 2.75) is 59.0 Å². The molecule has 1 rings (SSSR count). The van der Waals surface area contributed by atoms with Gasteiger partial charge in [-0.15, -0.1) is 10.2 Å². The van der Waals surface area contributed by atoms with Gasteiger partial charge >= 0.3 is 0 Å². The lowest BCUT2D eigenvalue weighted by Gasteiger charge is -2.22. The second-order valence-electron chi connectivity index (χ2n) is 7.22. The Kier molecular flexibility index (Phi) is 4.91. The molecule has 1 amide bonds. The Hall–Kier alpha value is -1.43. The lowest BCUT2D eigenvalue weighted by atomic mass is 9.97. The highest BCUT2D eigenvalue weighted by Gasteiger charge is 2.22. The first-order valence-corrected chi connectivity index (χ1v) is 6.80. The highest BCUT2D eigenvalue weighted by atomic mass is 16.4. The van der Waals surface area contributed by atoms with Gasteiger partial charge in [0.15, 0.2) is 0 Å². The lowest BCUT2D eigenvalue weighted by Crippen LogP contribution is -2.45. The summed E-state index contributed by atoms with van der Waals surface area (Å²) in [6.45, 7) is 12.7. The van der Waals surface area contributed by atoms with Crippen molar-refractivity contribution in [1.82, 2.24) is 20.4 Å². The van der Waals surface area contributed by atoms with Crippen LogP contribution in [0.5, 0.6) is 0 Å². The molecule has 0 fully saturated rings. The summed E-state index contributed by atoms with van der Waals surface area (Å²) in [7, 11) is 1.85. The third-order valence-electron chi connectivity index (χ3n) is 2.44. The van der Waals surface area contributed by atoms with Crippen molar-refractivity contribution in [2.75, 3.05) is 13.6 Å². The molecule has 1 heterocycles. The largest absolute Gasteiger partial charge is 0.423 e. The molecule has 0 saturated heterocycles. The number of nitrogens with zero attached hydrogens (tertiary/aromatic N) is 3. The Bertz CT molecular complexity index is 454. The summed E-state index contributed by atoms with van der Waals surface area (Å²) >= 11 is 0. The SMILES string of the molecule is CN(CC(=O)NC(C)(C)C)Cc1nnc(C(C)(C)C)o1. The van der Waals surface area contributed by atoms with Crippen LogP contribution in [-0.2, 0) is 16.8 Å². The number of carbonyl (C=O) groups is 1. The molecule has 0 spiro atoms. The van der Waals surface area contributed by atoms with Gasteiger partial charge in [0.2, 0.25) is 17.7 Å². The summed E-state index contributed by atoms with van der Waals surface area (Å²) in [5.74, 6) is 1.12. The Morgan fingerprint density at radius 1 is 1.20 bits per heavy atom. The van der Waals surface area contributed by atoms with Crippen molar-refractivity contribution in [2.24, 2.45) is 0 Å². The molecule has 0 unspecified atom stereocenters. The first kappa shape index (κ1) is 16.6. The quantitative estimate of drug-likeness (QED) is 0.910. The van der Waals surface area contributed by atoms with Crippen molar-refractivity contribution in [1.29, 1.82) is 0 Å². The van der Waals surface area contributed by atoms with E-state index in [2.05, 4.69) is 15.5 Å². The third kappa shape index (κ3) is 5.69. The van der Waals surface area contributed by atoms with Crippen molar-refractivity contribution in [3.63, 3.8) is 0 Å². The number of likely N-dealkylation sites (N-methyl/N-ethyl adjacent to an activating group) is 1. The van der Waals surface area contributed by atoms with Crippen LogP contribution in [0, 0.1) is 0 Å². The fraction of sp³-hybridized carbons (Fsp3) is 0.786. The highest BCUT2D eigenvalue weighted by Crippen LogP contribution is 2.20. The Morgan fingerprint density at radius 2 is 1.80 bits per heavy atom. The van der Waals surface area contributed by atoms with E-state index in [0.717, 1.165) is 0 Å². The molecular weight excluding hydrogens is 256 g/mol. The maximum absolute atomic E-state index is 11.8. The maximum atomic E-state index is 11.8. The van der Waals surface area contributed by atoms with Crippen molar-refractivity contribution in [3.8, 4) is 0 Å². The molecular formula is C14H26N4O2.